The first-order valence-corrected chi connectivity index (χ1v) is 7.62. The molecule has 1 N–H and O–H groups in total. The molecule has 0 aromatic rings. The van der Waals surface area contributed by atoms with Crippen molar-refractivity contribution in [2.75, 3.05) is 18.8 Å². The monoisotopic (exact) mass is 276 g/mol. The molecule has 18 heavy (non-hydrogen) atoms. The molecule has 1 heterocycles. The molecule has 7 heteroatoms. The number of nitrogens with one attached hydrogen (secondary N) is 1. The first kappa shape index (κ1) is 15.1. The summed E-state index contributed by atoms with van der Waals surface area (Å²) in [5.74, 6) is -0.459. The van der Waals surface area contributed by atoms with E-state index < -0.39 is 22.0 Å². The normalized spacial score (nSPS) is 20.9. The highest BCUT2D eigenvalue weighted by molar-refractivity contribution is 7.89. The minimum absolute atomic E-state index is 0.0124. The molecule has 0 aliphatic carbocycles. The van der Waals surface area contributed by atoms with E-state index in [0.717, 1.165) is 0 Å². The van der Waals surface area contributed by atoms with Crippen LogP contribution in [0.5, 0.6) is 0 Å². The summed E-state index contributed by atoms with van der Waals surface area (Å²) in [5, 5.41) is 2.59. The van der Waals surface area contributed by atoms with Gasteiger partial charge in [0.05, 0.1) is 18.3 Å². The third-order valence-corrected chi connectivity index (χ3v) is 4.85. The van der Waals surface area contributed by atoms with Crippen LogP contribution in [0.3, 0.4) is 0 Å². The van der Waals surface area contributed by atoms with Crippen molar-refractivity contribution in [2.45, 2.75) is 33.2 Å². The van der Waals surface area contributed by atoms with Crippen molar-refractivity contribution in [3.05, 3.63) is 0 Å². The largest absolute Gasteiger partial charge is 0.345 e. The third kappa shape index (κ3) is 3.78. The summed E-state index contributed by atoms with van der Waals surface area (Å²) < 4.78 is 24.2. The minimum atomic E-state index is -3.27. The van der Waals surface area contributed by atoms with Gasteiger partial charge in [0.15, 0.2) is 5.78 Å². The van der Waals surface area contributed by atoms with Crippen LogP contribution in [0.25, 0.3) is 0 Å². The molecule has 1 unspecified atom stereocenters. The second-order valence-electron chi connectivity index (χ2n) is 4.90. The van der Waals surface area contributed by atoms with Crippen LogP contribution in [-0.2, 0) is 19.6 Å². The standard InChI is InChI=1S/C11H20N2O4S/c1-8(2)11(9(3)14)12-10(15)7-13-5-4-6-18(13,16)17/h8,11H,4-7H2,1-3H3,(H,12,15). The SMILES string of the molecule is CC(=O)C(NC(=O)CN1CCCS1(=O)=O)C(C)C. The lowest BCUT2D eigenvalue weighted by Gasteiger charge is -2.21. The van der Waals surface area contributed by atoms with Gasteiger partial charge in [-0.15, -0.1) is 0 Å². The van der Waals surface area contributed by atoms with Gasteiger partial charge in [-0.25, -0.2) is 8.42 Å². The highest BCUT2D eigenvalue weighted by Crippen LogP contribution is 2.12. The van der Waals surface area contributed by atoms with E-state index in [4.69, 9.17) is 0 Å². The molecule has 1 aliphatic rings. The Balaban J connectivity index is 2.59. The van der Waals surface area contributed by atoms with Crippen LogP contribution in [0.1, 0.15) is 27.2 Å². The number of carbonyl (C=O) groups excluding carboxylic acids is 2. The lowest BCUT2D eigenvalue weighted by atomic mass is 10.0. The number of nitrogens with zero attached hydrogens (tertiary/aromatic N) is 1. The van der Waals surface area contributed by atoms with Crippen molar-refractivity contribution in [2.24, 2.45) is 5.92 Å². The van der Waals surface area contributed by atoms with Crippen molar-refractivity contribution in [1.82, 2.24) is 9.62 Å². The molecule has 1 rings (SSSR count). The average Bonchev–Trinajstić information content (AvgIpc) is 2.54. The molecule has 0 bridgehead atoms. The van der Waals surface area contributed by atoms with E-state index in [1.54, 1.807) is 0 Å². The highest BCUT2D eigenvalue weighted by Gasteiger charge is 2.31. The lowest BCUT2D eigenvalue weighted by Crippen LogP contribution is -2.47. The van der Waals surface area contributed by atoms with Crippen LogP contribution < -0.4 is 5.32 Å². The maximum atomic E-state index is 11.7. The Hall–Kier alpha value is -0.950. The summed E-state index contributed by atoms with van der Waals surface area (Å²) in [4.78, 5) is 23.1. The predicted molar refractivity (Wildman–Crippen MR) is 67.4 cm³/mol. The van der Waals surface area contributed by atoms with E-state index in [-0.39, 0.29) is 24.0 Å². The Morgan fingerprint density at radius 1 is 1.33 bits per heavy atom. The molecule has 104 valence electrons. The molecular weight excluding hydrogens is 256 g/mol. The molecule has 0 aromatic carbocycles. The Bertz CT molecular complexity index is 430. The Morgan fingerprint density at radius 3 is 2.33 bits per heavy atom. The zero-order valence-electron chi connectivity index (χ0n) is 11.0. The Kier molecular flexibility index (Phi) is 4.86. The van der Waals surface area contributed by atoms with Crippen molar-refractivity contribution in [1.29, 1.82) is 0 Å². The van der Waals surface area contributed by atoms with Crippen molar-refractivity contribution in [3.8, 4) is 0 Å². The van der Waals surface area contributed by atoms with Gasteiger partial charge in [0.2, 0.25) is 15.9 Å². The van der Waals surface area contributed by atoms with Gasteiger partial charge >= 0.3 is 0 Å². The van der Waals surface area contributed by atoms with Gasteiger partial charge in [0, 0.05) is 6.54 Å². The molecule has 0 spiro atoms. The van der Waals surface area contributed by atoms with E-state index in [2.05, 4.69) is 5.32 Å². The van der Waals surface area contributed by atoms with E-state index in [1.807, 2.05) is 13.8 Å². The van der Waals surface area contributed by atoms with E-state index in [1.165, 1.54) is 11.2 Å². The zero-order chi connectivity index (χ0) is 13.9. The number of sulfonamides is 1. The fourth-order valence-electron chi connectivity index (χ4n) is 1.99. The second kappa shape index (κ2) is 5.79. The van der Waals surface area contributed by atoms with Crippen molar-refractivity contribution in [3.63, 3.8) is 0 Å². The summed E-state index contributed by atoms with van der Waals surface area (Å²) in [6, 6.07) is -0.553. The number of hydrogen-bond donors (Lipinski definition) is 1. The van der Waals surface area contributed by atoms with Gasteiger partial charge < -0.3 is 5.32 Å². The molecule has 1 saturated heterocycles. The molecule has 0 aromatic heterocycles. The van der Waals surface area contributed by atoms with Gasteiger partial charge in [-0.1, -0.05) is 13.8 Å². The minimum Gasteiger partial charge on any atom is -0.345 e. The second-order valence-corrected chi connectivity index (χ2v) is 6.99. The molecule has 0 radical (unpaired) electrons. The Labute approximate surface area is 108 Å². The van der Waals surface area contributed by atoms with Crippen molar-refractivity contribution < 1.29 is 18.0 Å². The summed E-state index contributed by atoms with van der Waals surface area (Å²) in [6.45, 7) is 5.26. The molecule has 0 saturated carbocycles. The third-order valence-electron chi connectivity index (χ3n) is 2.94. The quantitative estimate of drug-likeness (QED) is 0.750. The molecule has 1 amide bonds. The summed E-state index contributed by atoms with van der Waals surface area (Å²) >= 11 is 0. The molecule has 1 aliphatic heterocycles. The van der Waals surface area contributed by atoms with Crippen molar-refractivity contribution >= 4 is 21.7 Å². The van der Waals surface area contributed by atoms with Gasteiger partial charge in [0.25, 0.3) is 0 Å². The summed E-state index contributed by atoms with van der Waals surface area (Å²) in [7, 11) is -3.27. The zero-order valence-corrected chi connectivity index (χ0v) is 11.8. The lowest BCUT2D eigenvalue weighted by molar-refractivity contribution is -0.127. The number of Topliss-reactive ketones (excluding diaryl/α,β-unsaturated/α-hetero) is 1. The molecule has 6 nitrogen and oxygen atoms in total. The molecule has 1 atom stereocenters. The highest BCUT2D eigenvalue weighted by atomic mass is 32.2. The maximum absolute atomic E-state index is 11.7. The van der Waals surface area contributed by atoms with Gasteiger partial charge in [-0.3, -0.25) is 9.59 Å². The smallest absolute Gasteiger partial charge is 0.235 e. The van der Waals surface area contributed by atoms with Crippen LogP contribution in [0.4, 0.5) is 0 Å². The number of ketones is 1. The fourth-order valence-corrected chi connectivity index (χ4v) is 3.46. The first-order valence-electron chi connectivity index (χ1n) is 6.01. The van der Waals surface area contributed by atoms with Crippen LogP contribution in [0.2, 0.25) is 0 Å². The predicted octanol–water partition coefficient (Wildman–Crippen LogP) is -0.248. The van der Waals surface area contributed by atoms with Crippen LogP contribution in [0.15, 0.2) is 0 Å². The number of hydrogen-bond acceptors (Lipinski definition) is 4. The molecule has 1 fully saturated rings. The van der Waals surface area contributed by atoms with E-state index in [0.29, 0.717) is 13.0 Å². The number of carbonyl (C=O) groups is 2. The number of amides is 1. The van der Waals surface area contributed by atoms with Crippen LogP contribution >= 0.6 is 0 Å². The maximum Gasteiger partial charge on any atom is 0.235 e. The van der Waals surface area contributed by atoms with E-state index in [9.17, 15) is 18.0 Å². The molecular formula is C11H20N2O4S. The summed E-state index contributed by atoms with van der Waals surface area (Å²) in [5.41, 5.74) is 0. The van der Waals surface area contributed by atoms with E-state index >= 15 is 0 Å². The summed E-state index contributed by atoms with van der Waals surface area (Å²) in [6.07, 6.45) is 0.552. The number of rotatable bonds is 5. The van der Waals surface area contributed by atoms with Crippen LogP contribution in [0, 0.1) is 5.92 Å². The topological polar surface area (TPSA) is 83.6 Å². The van der Waals surface area contributed by atoms with Gasteiger partial charge in [0.1, 0.15) is 0 Å². The average molecular weight is 276 g/mol. The van der Waals surface area contributed by atoms with Gasteiger partial charge in [-0.2, -0.15) is 4.31 Å². The van der Waals surface area contributed by atoms with Gasteiger partial charge in [-0.05, 0) is 19.3 Å². The van der Waals surface area contributed by atoms with Crippen LogP contribution in [-0.4, -0.2) is 49.3 Å². The Morgan fingerprint density at radius 2 is 1.94 bits per heavy atom. The fraction of sp³-hybridized carbons (Fsp3) is 0.818. The first-order chi connectivity index (χ1) is 8.24.